The Kier molecular flexibility index (Phi) is 3.27. The van der Waals surface area contributed by atoms with E-state index in [2.05, 4.69) is 19.2 Å². The number of rotatable bonds is 0. The van der Waals surface area contributed by atoms with Crippen LogP contribution in [0.1, 0.15) is 27.7 Å². The molecule has 1 aliphatic rings. The molecule has 1 heterocycles. The van der Waals surface area contributed by atoms with Crippen molar-refractivity contribution in [3.05, 3.63) is 0 Å². The van der Waals surface area contributed by atoms with Crippen LogP contribution in [0, 0.1) is 5.41 Å². The van der Waals surface area contributed by atoms with E-state index in [-0.39, 0.29) is 35.6 Å². The summed E-state index contributed by atoms with van der Waals surface area (Å²) in [7, 11) is 0. The van der Waals surface area contributed by atoms with Gasteiger partial charge in [-0.1, -0.05) is 13.8 Å². The molecule has 1 saturated heterocycles. The monoisotopic (exact) mass is 208 g/mol. The molecule has 0 spiro atoms. The maximum atomic E-state index is 10.8. The summed E-state index contributed by atoms with van der Waals surface area (Å²) < 4.78 is 4.88. The molecule has 0 aliphatic carbocycles. The van der Waals surface area contributed by atoms with Gasteiger partial charge in [-0.3, -0.25) is 0 Å². The summed E-state index contributed by atoms with van der Waals surface area (Å²) >= 11 is 0. The predicted molar refractivity (Wildman–Crippen MR) is 42.3 cm³/mol. The van der Waals surface area contributed by atoms with Crippen LogP contribution in [0.3, 0.4) is 0 Å². The minimum atomic E-state index is -0.311. The Morgan fingerprint density at radius 1 is 1.33 bits per heavy atom. The molecular formula is C8H15NO2V. The predicted octanol–water partition coefficient (Wildman–Crippen LogP) is 1.53. The summed E-state index contributed by atoms with van der Waals surface area (Å²) in [4.78, 5) is 10.8. The van der Waals surface area contributed by atoms with E-state index in [1.807, 2.05) is 13.8 Å². The molecule has 12 heavy (non-hydrogen) atoms. The van der Waals surface area contributed by atoms with Gasteiger partial charge >= 0.3 is 6.09 Å². The molecule has 0 aromatic carbocycles. The third kappa shape index (κ3) is 1.96. The maximum absolute atomic E-state index is 10.8. The SMILES string of the molecule is CC1(C)COC(=O)NC1(C)C.[V]. The number of nitrogens with one attached hydrogen (secondary N) is 1. The van der Waals surface area contributed by atoms with Gasteiger partial charge in [0, 0.05) is 29.5 Å². The fourth-order valence-electron chi connectivity index (χ4n) is 0.887. The summed E-state index contributed by atoms with van der Waals surface area (Å²) in [5.74, 6) is 0. The Labute approximate surface area is 85.1 Å². The van der Waals surface area contributed by atoms with E-state index in [1.54, 1.807) is 0 Å². The van der Waals surface area contributed by atoms with Gasteiger partial charge in [0.2, 0.25) is 0 Å². The minimum absolute atomic E-state index is 0. The molecule has 1 amide bonds. The second-order valence-electron chi connectivity index (χ2n) is 4.21. The first-order chi connectivity index (χ1) is 4.85. The van der Waals surface area contributed by atoms with Crippen LogP contribution in [-0.2, 0) is 23.3 Å². The Hall–Kier alpha value is -0.146. The molecule has 0 aromatic rings. The zero-order chi connectivity index (χ0) is 8.70. The van der Waals surface area contributed by atoms with Crippen molar-refractivity contribution in [3.8, 4) is 0 Å². The first-order valence-electron chi connectivity index (χ1n) is 3.80. The van der Waals surface area contributed by atoms with Gasteiger partial charge in [0.05, 0.1) is 0 Å². The summed E-state index contributed by atoms with van der Waals surface area (Å²) in [5.41, 5.74) is -0.177. The van der Waals surface area contributed by atoms with Crippen LogP contribution in [0.5, 0.6) is 0 Å². The second-order valence-corrected chi connectivity index (χ2v) is 4.21. The van der Waals surface area contributed by atoms with Crippen LogP contribution in [0.4, 0.5) is 4.79 Å². The molecule has 0 saturated carbocycles. The standard InChI is InChI=1S/C8H15NO2.V/c1-7(2)5-11-6(10)9-8(7,3)4;/h5H2,1-4H3,(H,9,10);. The number of hydrogen-bond acceptors (Lipinski definition) is 2. The minimum Gasteiger partial charge on any atom is -0.449 e. The molecule has 0 atom stereocenters. The molecule has 1 aliphatic heterocycles. The van der Waals surface area contributed by atoms with Crippen molar-refractivity contribution < 1.29 is 28.1 Å². The van der Waals surface area contributed by atoms with Crippen molar-refractivity contribution in [2.75, 3.05) is 6.61 Å². The number of ether oxygens (including phenoxy) is 1. The Balaban J connectivity index is 0.00000121. The van der Waals surface area contributed by atoms with E-state index in [9.17, 15) is 4.79 Å². The second kappa shape index (κ2) is 3.31. The third-order valence-electron chi connectivity index (χ3n) is 2.67. The molecule has 1 fully saturated rings. The normalized spacial score (nSPS) is 24.8. The topological polar surface area (TPSA) is 38.3 Å². The molecule has 69 valence electrons. The smallest absolute Gasteiger partial charge is 0.407 e. The van der Waals surface area contributed by atoms with Crippen molar-refractivity contribution in [1.29, 1.82) is 0 Å². The quantitative estimate of drug-likeness (QED) is 0.655. The van der Waals surface area contributed by atoms with E-state index in [0.29, 0.717) is 6.61 Å². The number of cyclic esters (lactones) is 1. The van der Waals surface area contributed by atoms with Crippen LogP contribution in [0.15, 0.2) is 0 Å². The fourth-order valence-corrected chi connectivity index (χ4v) is 0.887. The van der Waals surface area contributed by atoms with Crippen molar-refractivity contribution in [2.45, 2.75) is 33.2 Å². The molecule has 0 aromatic heterocycles. The van der Waals surface area contributed by atoms with Gasteiger partial charge in [-0.05, 0) is 13.8 Å². The van der Waals surface area contributed by atoms with Gasteiger partial charge in [-0.15, -0.1) is 0 Å². The molecule has 1 radical (unpaired) electrons. The zero-order valence-electron chi connectivity index (χ0n) is 7.97. The van der Waals surface area contributed by atoms with Gasteiger partial charge < -0.3 is 10.1 Å². The van der Waals surface area contributed by atoms with E-state index >= 15 is 0 Å². The molecular weight excluding hydrogens is 193 g/mol. The first kappa shape index (κ1) is 11.9. The van der Waals surface area contributed by atoms with Gasteiger partial charge in [-0.2, -0.15) is 0 Å². The largest absolute Gasteiger partial charge is 0.449 e. The Bertz CT molecular complexity index is 189. The molecule has 0 bridgehead atoms. The molecule has 3 nitrogen and oxygen atoms in total. The Morgan fingerprint density at radius 2 is 1.83 bits per heavy atom. The van der Waals surface area contributed by atoms with Crippen LogP contribution in [-0.4, -0.2) is 18.2 Å². The fraction of sp³-hybridized carbons (Fsp3) is 0.875. The zero-order valence-corrected chi connectivity index (χ0v) is 9.37. The maximum Gasteiger partial charge on any atom is 0.407 e. The number of carbonyl (C=O) groups excluding carboxylic acids is 1. The first-order valence-corrected chi connectivity index (χ1v) is 3.80. The van der Waals surface area contributed by atoms with E-state index in [4.69, 9.17) is 4.74 Å². The van der Waals surface area contributed by atoms with Gasteiger partial charge in [0.15, 0.2) is 0 Å². The van der Waals surface area contributed by atoms with Gasteiger partial charge in [-0.25, -0.2) is 4.79 Å². The van der Waals surface area contributed by atoms with Crippen molar-refractivity contribution in [2.24, 2.45) is 5.41 Å². The number of amides is 1. The average molecular weight is 208 g/mol. The van der Waals surface area contributed by atoms with Crippen molar-refractivity contribution >= 4 is 6.09 Å². The number of carbonyl (C=O) groups is 1. The van der Waals surface area contributed by atoms with Crippen LogP contribution in [0.25, 0.3) is 0 Å². The molecule has 4 heteroatoms. The summed E-state index contributed by atoms with van der Waals surface area (Å²) in [5, 5.41) is 2.78. The molecule has 0 unspecified atom stereocenters. The number of alkyl carbamates (subject to hydrolysis) is 1. The van der Waals surface area contributed by atoms with Crippen molar-refractivity contribution in [3.63, 3.8) is 0 Å². The summed E-state index contributed by atoms with van der Waals surface area (Å²) in [6.07, 6.45) is -0.311. The van der Waals surface area contributed by atoms with Gasteiger partial charge in [0.1, 0.15) is 6.61 Å². The summed E-state index contributed by atoms with van der Waals surface area (Å²) in [6.45, 7) is 8.66. The average Bonchev–Trinajstić information content (AvgIpc) is 1.80. The molecule has 1 N–H and O–H groups in total. The van der Waals surface area contributed by atoms with Gasteiger partial charge in [0.25, 0.3) is 0 Å². The molecule has 1 rings (SSSR count). The van der Waals surface area contributed by atoms with Crippen LogP contribution >= 0.6 is 0 Å². The van der Waals surface area contributed by atoms with Crippen LogP contribution < -0.4 is 5.32 Å². The summed E-state index contributed by atoms with van der Waals surface area (Å²) in [6, 6.07) is 0. The van der Waals surface area contributed by atoms with E-state index in [1.165, 1.54) is 0 Å². The van der Waals surface area contributed by atoms with E-state index in [0.717, 1.165) is 0 Å². The van der Waals surface area contributed by atoms with Crippen molar-refractivity contribution in [1.82, 2.24) is 5.32 Å². The Morgan fingerprint density at radius 3 is 2.17 bits per heavy atom. The van der Waals surface area contributed by atoms with E-state index < -0.39 is 0 Å². The van der Waals surface area contributed by atoms with Crippen LogP contribution in [0.2, 0.25) is 0 Å². The number of hydrogen-bond donors (Lipinski definition) is 1. The third-order valence-corrected chi connectivity index (χ3v) is 2.67.